The molecular formula is C16H21N3. The molecule has 1 aromatic carbocycles. The molecule has 2 aromatic rings. The first-order valence-corrected chi connectivity index (χ1v) is 7.01. The molecule has 2 heterocycles. The topological polar surface area (TPSA) is 29.9 Å². The Morgan fingerprint density at radius 2 is 2.21 bits per heavy atom. The number of nitrogens with one attached hydrogen (secondary N) is 1. The Hall–Kier alpha value is -1.61. The lowest BCUT2D eigenvalue weighted by Crippen LogP contribution is -2.58. The Morgan fingerprint density at radius 1 is 1.37 bits per heavy atom. The van der Waals surface area contributed by atoms with E-state index in [2.05, 4.69) is 54.7 Å². The Kier molecular flexibility index (Phi) is 3.15. The van der Waals surface area contributed by atoms with Crippen molar-refractivity contribution in [1.82, 2.24) is 15.1 Å². The molecule has 0 bridgehead atoms. The van der Waals surface area contributed by atoms with Crippen molar-refractivity contribution in [1.29, 1.82) is 0 Å². The van der Waals surface area contributed by atoms with Gasteiger partial charge in [-0.2, -0.15) is 5.10 Å². The van der Waals surface area contributed by atoms with Gasteiger partial charge in [-0.05, 0) is 31.4 Å². The molecule has 0 saturated carbocycles. The van der Waals surface area contributed by atoms with E-state index >= 15 is 0 Å². The lowest BCUT2D eigenvalue weighted by atomic mass is 9.71. The summed E-state index contributed by atoms with van der Waals surface area (Å²) in [6.07, 6.45) is 5.26. The van der Waals surface area contributed by atoms with Crippen LogP contribution in [0.2, 0.25) is 0 Å². The van der Waals surface area contributed by atoms with Crippen LogP contribution in [0.3, 0.4) is 0 Å². The maximum Gasteiger partial charge on any atom is 0.0522 e. The zero-order chi connectivity index (χ0) is 13.3. The molecule has 3 rings (SSSR count). The van der Waals surface area contributed by atoms with Crippen LogP contribution in [0.4, 0.5) is 0 Å². The zero-order valence-electron chi connectivity index (χ0n) is 11.7. The third-order valence-corrected chi connectivity index (χ3v) is 4.11. The van der Waals surface area contributed by atoms with Gasteiger partial charge in [-0.3, -0.25) is 4.68 Å². The van der Waals surface area contributed by atoms with E-state index in [4.69, 9.17) is 0 Å². The van der Waals surface area contributed by atoms with Gasteiger partial charge in [-0.1, -0.05) is 29.8 Å². The molecule has 100 valence electrons. The van der Waals surface area contributed by atoms with Crippen LogP contribution in [-0.4, -0.2) is 22.9 Å². The van der Waals surface area contributed by atoms with Crippen molar-refractivity contribution < 1.29 is 0 Å². The highest BCUT2D eigenvalue weighted by molar-refractivity contribution is 5.35. The predicted molar refractivity (Wildman–Crippen MR) is 77.3 cm³/mol. The van der Waals surface area contributed by atoms with Crippen LogP contribution in [-0.2, 0) is 18.4 Å². The predicted octanol–water partition coefficient (Wildman–Crippen LogP) is 2.30. The summed E-state index contributed by atoms with van der Waals surface area (Å²) in [5.74, 6) is 0. The van der Waals surface area contributed by atoms with Crippen molar-refractivity contribution in [3.05, 3.63) is 53.3 Å². The minimum absolute atomic E-state index is 0.258. The summed E-state index contributed by atoms with van der Waals surface area (Å²) >= 11 is 0. The van der Waals surface area contributed by atoms with Gasteiger partial charge in [0.05, 0.1) is 6.20 Å². The van der Waals surface area contributed by atoms with Gasteiger partial charge in [0.2, 0.25) is 0 Å². The summed E-state index contributed by atoms with van der Waals surface area (Å²) in [5.41, 5.74) is 4.39. The van der Waals surface area contributed by atoms with Crippen LogP contribution in [0.1, 0.15) is 23.6 Å². The highest BCUT2D eigenvalue weighted by atomic mass is 15.3. The molecule has 19 heavy (non-hydrogen) atoms. The molecule has 0 radical (unpaired) electrons. The van der Waals surface area contributed by atoms with E-state index in [1.54, 1.807) is 0 Å². The maximum atomic E-state index is 4.38. The van der Waals surface area contributed by atoms with Crippen molar-refractivity contribution in [2.24, 2.45) is 0 Å². The zero-order valence-corrected chi connectivity index (χ0v) is 11.7. The third-order valence-electron chi connectivity index (χ3n) is 4.11. The fourth-order valence-electron chi connectivity index (χ4n) is 2.89. The Morgan fingerprint density at radius 3 is 2.79 bits per heavy atom. The average molecular weight is 255 g/mol. The summed E-state index contributed by atoms with van der Waals surface area (Å²) in [5, 5.41) is 7.82. The average Bonchev–Trinajstić information content (AvgIpc) is 2.81. The van der Waals surface area contributed by atoms with Crippen LogP contribution in [0.5, 0.6) is 0 Å². The molecule has 1 fully saturated rings. The van der Waals surface area contributed by atoms with Crippen molar-refractivity contribution >= 4 is 0 Å². The summed E-state index contributed by atoms with van der Waals surface area (Å²) < 4.78 is 2.01. The molecule has 1 saturated heterocycles. The molecule has 0 atom stereocenters. The lowest BCUT2D eigenvalue weighted by molar-refractivity contribution is 0.274. The Bertz CT molecular complexity index is 567. The molecule has 1 aromatic heterocycles. The SMILES string of the molecule is CCn1cc(CC2(c3cccc(C)c3)CNC2)cn1. The van der Waals surface area contributed by atoms with Crippen molar-refractivity contribution in [2.45, 2.75) is 32.2 Å². The number of aryl methyl sites for hydroxylation is 2. The van der Waals surface area contributed by atoms with Crippen molar-refractivity contribution in [2.75, 3.05) is 13.1 Å². The van der Waals surface area contributed by atoms with E-state index in [9.17, 15) is 0 Å². The Balaban J connectivity index is 1.87. The largest absolute Gasteiger partial charge is 0.315 e. The van der Waals surface area contributed by atoms with Gasteiger partial charge < -0.3 is 5.32 Å². The smallest absolute Gasteiger partial charge is 0.0522 e. The summed E-state index contributed by atoms with van der Waals surface area (Å²) in [6.45, 7) is 7.35. The van der Waals surface area contributed by atoms with Crippen LogP contribution in [0, 0.1) is 6.92 Å². The van der Waals surface area contributed by atoms with E-state index in [0.29, 0.717) is 0 Å². The van der Waals surface area contributed by atoms with Crippen LogP contribution in [0.25, 0.3) is 0 Å². The monoisotopic (exact) mass is 255 g/mol. The van der Waals surface area contributed by atoms with Gasteiger partial charge >= 0.3 is 0 Å². The van der Waals surface area contributed by atoms with Crippen LogP contribution in [0.15, 0.2) is 36.7 Å². The molecule has 0 amide bonds. The van der Waals surface area contributed by atoms with Crippen LogP contribution < -0.4 is 5.32 Å². The van der Waals surface area contributed by atoms with Gasteiger partial charge in [0.1, 0.15) is 0 Å². The maximum absolute atomic E-state index is 4.38. The van der Waals surface area contributed by atoms with Crippen molar-refractivity contribution in [3.63, 3.8) is 0 Å². The van der Waals surface area contributed by atoms with Gasteiger partial charge in [0, 0.05) is 31.2 Å². The van der Waals surface area contributed by atoms with Gasteiger partial charge in [-0.25, -0.2) is 0 Å². The van der Waals surface area contributed by atoms with E-state index in [1.165, 1.54) is 16.7 Å². The second-order valence-electron chi connectivity index (χ2n) is 5.63. The number of nitrogens with zero attached hydrogens (tertiary/aromatic N) is 2. The van der Waals surface area contributed by atoms with Gasteiger partial charge in [0.25, 0.3) is 0 Å². The lowest BCUT2D eigenvalue weighted by Gasteiger charge is -2.43. The number of rotatable bonds is 4. The van der Waals surface area contributed by atoms with Crippen molar-refractivity contribution in [3.8, 4) is 0 Å². The molecule has 3 heteroatoms. The molecular weight excluding hydrogens is 234 g/mol. The van der Waals surface area contributed by atoms with E-state index in [1.807, 2.05) is 10.9 Å². The van der Waals surface area contributed by atoms with E-state index in [-0.39, 0.29) is 5.41 Å². The number of hydrogen-bond donors (Lipinski definition) is 1. The minimum atomic E-state index is 0.258. The first kappa shape index (κ1) is 12.4. The van der Waals surface area contributed by atoms with Gasteiger partial charge in [-0.15, -0.1) is 0 Å². The molecule has 1 aliphatic heterocycles. The highest BCUT2D eigenvalue weighted by Crippen LogP contribution is 2.32. The summed E-state index contributed by atoms with van der Waals surface area (Å²) in [4.78, 5) is 0. The number of aromatic nitrogens is 2. The molecule has 0 aliphatic carbocycles. The first-order valence-electron chi connectivity index (χ1n) is 7.01. The second-order valence-corrected chi connectivity index (χ2v) is 5.63. The first-order chi connectivity index (χ1) is 9.22. The summed E-state index contributed by atoms with van der Waals surface area (Å²) in [6, 6.07) is 8.92. The van der Waals surface area contributed by atoms with Gasteiger partial charge in [0.15, 0.2) is 0 Å². The second kappa shape index (κ2) is 4.82. The normalized spacial score (nSPS) is 17.2. The van der Waals surface area contributed by atoms with Crippen LogP contribution >= 0.6 is 0 Å². The quantitative estimate of drug-likeness (QED) is 0.908. The number of benzene rings is 1. The minimum Gasteiger partial charge on any atom is -0.315 e. The molecule has 0 unspecified atom stereocenters. The van der Waals surface area contributed by atoms with E-state index < -0.39 is 0 Å². The fraction of sp³-hybridized carbons (Fsp3) is 0.438. The fourth-order valence-corrected chi connectivity index (χ4v) is 2.89. The number of hydrogen-bond acceptors (Lipinski definition) is 2. The highest BCUT2D eigenvalue weighted by Gasteiger charge is 2.38. The van der Waals surface area contributed by atoms with E-state index in [0.717, 1.165) is 26.1 Å². The molecule has 3 nitrogen and oxygen atoms in total. The molecule has 1 aliphatic rings. The third kappa shape index (κ3) is 2.30. The Labute approximate surface area is 114 Å². The standard InChI is InChI=1S/C16H21N3/c1-3-19-10-14(9-18-19)8-16(11-17-12-16)15-6-4-5-13(2)7-15/h4-7,9-10,17H,3,8,11-12H2,1-2H3. The molecule has 1 N–H and O–H groups in total. The molecule has 0 spiro atoms. The summed E-state index contributed by atoms with van der Waals surface area (Å²) in [7, 11) is 0.